The Kier molecular flexibility index (Phi) is 7.23. The summed E-state index contributed by atoms with van der Waals surface area (Å²) >= 11 is 5.90. The van der Waals surface area contributed by atoms with E-state index in [1.807, 2.05) is 0 Å². The van der Waals surface area contributed by atoms with E-state index in [0.29, 0.717) is 31.6 Å². The molecule has 2 heterocycles. The van der Waals surface area contributed by atoms with Crippen molar-refractivity contribution in [1.29, 1.82) is 0 Å². The predicted molar refractivity (Wildman–Crippen MR) is 104 cm³/mol. The lowest BCUT2D eigenvalue weighted by Crippen LogP contribution is -2.43. The van der Waals surface area contributed by atoms with Crippen molar-refractivity contribution in [3.63, 3.8) is 0 Å². The highest BCUT2D eigenvalue weighted by Crippen LogP contribution is 2.22. The minimum atomic E-state index is -0.979. The highest BCUT2D eigenvalue weighted by atomic mass is 35.5. The van der Waals surface area contributed by atoms with Gasteiger partial charge < -0.3 is 19.7 Å². The van der Waals surface area contributed by atoms with E-state index in [0.717, 1.165) is 0 Å². The van der Waals surface area contributed by atoms with E-state index in [-0.39, 0.29) is 17.2 Å². The Morgan fingerprint density at radius 3 is 2.50 bits per heavy atom. The summed E-state index contributed by atoms with van der Waals surface area (Å²) in [5, 5.41) is 2.74. The number of pyridine rings is 1. The summed E-state index contributed by atoms with van der Waals surface area (Å²) < 4.78 is 10.6. The summed E-state index contributed by atoms with van der Waals surface area (Å²) in [5.41, 5.74) is -0.213. The molecule has 9 heteroatoms. The van der Waals surface area contributed by atoms with Gasteiger partial charge in [-0.05, 0) is 52.7 Å². The van der Waals surface area contributed by atoms with Crippen molar-refractivity contribution in [2.24, 2.45) is 5.92 Å². The van der Waals surface area contributed by atoms with Crippen LogP contribution >= 0.6 is 11.6 Å². The van der Waals surface area contributed by atoms with Gasteiger partial charge in [0.1, 0.15) is 5.60 Å². The monoisotopic (exact) mass is 411 g/mol. The first-order valence-corrected chi connectivity index (χ1v) is 9.54. The van der Waals surface area contributed by atoms with E-state index in [1.54, 1.807) is 37.8 Å². The first-order valence-electron chi connectivity index (χ1n) is 9.16. The molecule has 1 saturated heterocycles. The number of hydrogen-bond acceptors (Lipinski definition) is 6. The van der Waals surface area contributed by atoms with E-state index in [2.05, 4.69) is 10.3 Å². The lowest BCUT2D eigenvalue weighted by atomic mass is 9.97. The second-order valence-corrected chi connectivity index (χ2v) is 8.01. The largest absolute Gasteiger partial charge is 0.452 e. The molecule has 2 amide bonds. The van der Waals surface area contributed by atoms with Crippen LogP contribution in [0.3, 0.4) is 0 Å². The molecule has 154 valence electrons. The third kappa shape index (κ3) is 6.37. The number of likely N-dealkylation sites (tertiary alicyclic amines) is 1. The molecule has 0 spiro atoms. The maximum absolute atomic E-state index is 12.4. The molecule has 1 fully saturated rings. The van der Waals surface area contributed by atoms with Crippen LogP contribution in [0.2, 0.25) is 5.15 Å². The van der Waals surface area contributed by atoms with Crippen LogP contribution in [-0.2, 0) is 19.1 Å². The maximum Gasteiger partial charge on any atom is 0.410 e. The quantitative estimate of drug-likeness (QED) is 0.603. The van der Waals surface area contributed by atoms with Gasteiger partial charge in [-0.3, -0.25) is 9.59 Å². The topological polar surface area (TPSA) is 97.8 Å². The zero-order valence-electron chi connectivity index (χ0n) is 16.5. The summed E-state index contributed by atoms with van der Waals surface area (Å²) in [6.45, 7) is 7.72. The lowest BCUT2D eigenvalue weighted by Gasteiger charge is -2.32. The standard InChI is InChI=1S/C19H26ClN3O5/c1-12(16(24)22-14-6-5-9-21-15(14)20)27-17(25)13-7-10-23(11-8-13)18(26)28-19(2,3)4/h5-6,9,12-13H,7-8,10-11H2,1-4H3,(H,22,24)/t12-/m0/s1. The maximum atomic E-state index is 12.4. The van der Waals surface area contributed by atoms with Crippen LogP contribution in [0.25, 0.3) is 0 Å². The molecular formula is C19H26ClN3O5. The van der Waals surface area contributed by atoms with Gasteiger partial charge >= 0.3 is 12.1 Å². The summed E-state index contributed by atoms with van der Waals surface area (Å²) in [5.74, 6) is -1.31. The van der Waals surface area contributed by atoms with Gasteiger partial charge in [-0.1, -0.05) is 11.6 Å². The van der Waals surface area contributed by atoms with Crippen LogP contribution in [0, 0.1) is 5.92 Å². The number of rotatable bonds is 4. The number of anilines is 1. The lowest BCUT2D eigenvalue weighted by molar-refractivity contribution is -0.158. The van der Waals surface area contributed by atoms with E-state index in [4.69, 9.17) is 21.1 Å². The number of hydrogen-bond donors (Lipinski definition) is 1. The molecule has 1 N–H and O–H groups in total. The normalized spacial score (nSPS) is 16.2. The first-order chi connectivity index (χ1) is 13.1. The second kappa shape index (κ2) is 9.23. The fourth-order valence-corrected chi connectivity index (χ4v) is 2.83. The number of ether oxygens (including phenoxy) is 2. The molecule has 1 aromatic rings. The molecule has 2 rings (SSSR count). The van der Waals surface area contributed by atoms with Gasteiger partial charge in [-0.25, -0.2) is 9.78 Å². The molecular weight excluding hydrogens is 386 g/mol. The van der Waals surface area contributed by atoms with Crippen molar-refractivity contribution < 1.29 is 23.9 Å². The van der Waals surface area contributed by atoms with E-state index >= 15 is 0 Å². The zero-order valence-corrected chi connectivity index (χ0v) is 17.3. The Balaban J connectivity index is 1.81. The number of aromatic nitrogens is 1. The van der Waals surface area contributed by atoms with Gasteiger partial charge in [0.25, 0.3) is 5.91 Å². The van der Waals surface area contributed by atoms with E-state index < -0.39 is 23.6 Å². The minimum Gasteiger partial charge on any atom is -0.452 e. The molecule has 28 heavy (non-hydrogen) atoms. The minimum absolute atomic E-state index is 0.156. The number of amides is 2. The molecule has 1 aliphatic heterocycles. The summed E-state index contributed by atoms with van der Waals surface area (Å²) in [6.07, 6.45) is 1.06. The highest BCUT2D eigenvalue weighted by Gasteiger charge is 2.32. The van der Waals surface area contributed by atoms with Gasteiger partial charge in [0.15, 0.2) is 11.3 Å². The van der Waals surface area contributed by atoms with Crippen LogP contribution in [0.1, 0.15) is 40.5 Å². The number of piperidine rings is 1. The average molecular weight is 412 g/mol. The van der Waals surface area contributed by atoms with Crippen molar-refractivity contribution in [2.75, 3.05) is 18.4 Å². The Morgan fingerprint density at radius 2 is 1.93 bits per heavy atom. The van der Waals surface area contributed by atoms with E-state index in [9.17, 15) is 14.4 Å². The van der Waals surface area contributed by atoms with Gasteiger partial charge in [-0.15, -0.1) is 0 Å². The van der Waals surface area contributed by atoms with Crippen LogP contribution in [0.5, 0.6) is 0 Å². The summed E-state index contributed by atoms with van der Waals surface area (Å²) in [7, 11) is 0. The highest BCUT2D eigenvalue weighted by molar-refractivity contribution is 6.32. The van der Waals surface area contributed by atoms with Crippen LogP contribution in [0.4, 0.5) is 10.5 Å². The second-order valence-electron chi connectivity index (χ2n) is 7.65. The number of halogens is 1. The Hall–Kier alpha value is -2.35. The molecule has 0 bridgehead atoms. The fraction of sp³-hybridized carbons (Fsp3) is 0.579. The van der Waals surface area contributed by atoms with Gasteiger partial charge in [-0.2, -0.15) is 0 Å². The summed E-state index contributed by atoms with van der Waals surface area (Å²) in [4.78, 5) is 42.1. The number of esters is 1. The third-order valence-corrected chi connectivity index (χ3v) is 4.46. The van der Waals surface area contributed by atoms with Crippen molar-refractivity contribution in [2.45, 2.75) is 52.2 Å². The molecule has 8 nitrogen and oxygen atoms in total. The molecule has 0 aromatic carbocycles. The van der Waals surface area contributed by atoms with Gasteiger partial charge in [0.05, 0.1) is 11.6 Å². The Morgan fingerprint density at radius 1 is 1.29 bits per heavy atom. The van der Waals surface area contributed by atoms with Gasteiger partial charge in [0.2, 0.25) is 0 Å². The number of nitrogens with one attached hydrogen (secondary N) is 1. The van der Waals surface area contributed by atoms with Crippen molar-refractivity contribution in [1.82, 2.24) is 9.88 Å². The van der Waals surface area contributed by atoms with Crippen molar-refractivity contribution in [3.8, 4) is 0 Å². The number of nitrogens with zero attached hydrogens (tertiary/aromatic N) is 2. The van der Waals surface area contributed by atoms with Crippen LogP contribution in [-0.4, -0.2) is 52.6 Å². The van der Waals surface area contributed by atoms with Gasteiger partial charge in [0, 0.05) is 19.3 Å². The van der Waals surface area contributed by atoms with Crippen molar-refractivity contribution >= 4 is 35.3 Å². The molecule has 0 saturated carbocycles. The molecule has 1 atom stereocenters. The number of carbonyl (C=O) groups is 3. The van der Waals surface area contributed by atoms with Crippen LogP contribution < -0.4 is 5.32 Å². The molecule has 0 aliphatic carbocycles. The Bertz CT molecular complexity index is 727. The zero-order chi connectivity index (χ0) is 20.9. The fourth-order valence-electron chi connectivity index (χ4n) is 2.66. The Labute approximate surface area is 169 Å². The molecule has 0 unspecified atom stereocenters. The summed E-state index contributed by atoms with van der Waals surface area (Å²) in [6, 6.07) is 3.24. The number of carbonyl (C=O) groups excluding carboxylic acids is 3. The first kappa shape index (κ1) is 21.9. The predicted octanol–water partition coefficient (Wildman–Crippen LogP) is 3.25. The third-order valence-electron chi connectivity index (χ3n) is 4.16. The molecule has 1 aliphatic rings. The SMILES string of the molecule is C[C@H](OC(=O)C1CCN(C(=O)OC(C)(C)C)CC1)C(=O)Nc1cccnc1Cl. The average Bonchev–Trinajstić information content (AvgIpc) is 2.62. The molecule has 1 aromatic heterocycles. The molecule has 0 radical (unpaired) electrons. The van der Waals surface area contributed by atoms with Crippen LogP contribution in [0.15, 0.2) is 18.3 Å². The van der Waals surface area contributed by atoms with E-state index in [1.165, 1.54) is 13.1 Å². The smallest absolute Gasteiger partial charge is 0.410 e. The van der Waals surface area contributed by atoms with Crippen molar-refractivity contribution in [3.05, 3.63) is 23.5 Å².